The van der Waals surface area contributed by atoms with E-state index in [-0.39, 0.29) is 24.7 Å². The highest BCUT2D eigenvalue weighted by atomic mass is 127. The van der Waals surface area contributed by atoms with Crippen molar-refractivity contribution < 1.29 is 28.9 Å². The molecule has 0 saturated carbocycles. The molecule has 0 heterocycles. The quantitative estimate of drug-likeness (QED) is 0.154. The van der Waals surface area contributed by atoms with Gasteiger partial charge in [0, 0.05) is 6.61 Å². The van der Waals surface area contributed by atoms with Crippen LogP contribution in [0.25, 0.3) is 0 Å². The van der Waals surface area contributed by atoms with Crippen molar-refractivity contribution in [2.24, 2.45) is 0 Å². The van der Waals surface area contributed by atoms with Crippen LogP contribution in [0.15, 0.2) is 24.3 Å². The van der Waals surface area contributed by atoms with Crippen molar-refractivity contribution in [3.8, 4) is 17.2 Å². The molecule has 2 aromatic rings. The monoisotopic (exact) mass is 893 g/mol. The molecule has 0 aromatic heterocycles. The second-order valence-corrected chi connectivity index (χ2v) is 11.2. The Morgan fingerprint density at radius 1 is 0.875 bits per heavy atom. The van der Waals surface area contributed by atoms with Crippen molar-refractivity contribution in [1.29, 1.82) is 0 Å². The highest BCUT2D eigenvalue weighted by molar-refractivity contribution is 14.1. The molecule has 11 heteroatoms. The average Bonchev–Trinajstić information content (AvgIpc) is 2.73. The Hall–Kier alpha value is 0.310. The highest BCUT2D eigenvalue weighted by Gasteiger charge is 2.14. The van der Waals surface area contributed by atoms with Gasteiger partial charge in [-0.05, 0) is 127 Å². The molecule has 32 heavy (non-hydrogen) atoms. The first kappa shape index (κ1) is 28.5. The Bertz CT molecular complexity index is 866. The number of nitrogens with one attached hydrogen (secondary N) is 1. The molecule has 0 saturated heterocycles. The van der Waals surface area contributed by atoms with Gasteiger partial charge in [-0.2, -0.15) is 0 Å². The molecule has 0 fully saturated rings. The van der Waals surface area contributed by atoms with Crippen molar-refractivity contribution in [2.75, 3.05) is 33.0 Å². The summed E-state index contributed by atoms with van der Waals surface area (Å²) < 4.78 is 20.0. The molecule has 1 amide bonds. The van der Waals surface area contributed by atoms with E-state index in [0.717, 1.165) is 32.9 Å². The zero-order valence-corrected chi connectivity index (χ0v) is 25.9. The van der Waals surface area contributed by atoms with Gasteiger partial charge in [-0.15, -0.1) is 0 Å². The molecule has 2 aromatic carbocycles. The molecule has 0 spiro atoms. The number of phenolic OH excluding ortho intramolecular Hbond substituents is 1. The Morgan fingerprint density at radius 3 is 2.03 bits per heavy atom. The van der Waals surface area contributed by atoms with E-state index in [0.29, 0.717) is 31.3 Å². The van der Waals surface area contributed by atoms with Crippen LogP contribution in [-0.4, -0.2) is 44.0 Å². The standard InChI is InChI=1S/C21H23I4NO6/c1-2-3-29-4-5-30-6-7-31-26-19(27)10-13-8-17(24)21(18(25)9-13)32-14-11-15(22)20(28)16(23)12-14/h8-9,11-12,28H,2-7,10H2,1H3,(H,26,27). The number of carbonyl (C=O) groups excluding carboxylic acids is 1. The summed E-state index contributed by atoms with van der Waals surface area (Å²) in [4.78, 5) is 17.3. The SMILES string of the molecule is CCCOCCOCCONC(=O)Cc1cc(I)c(Oc2cc(I)c(O)c(I)c2)c(I)c1. The third-order valence-electron chi connectivity index (χ3n) is 3.87. The van der Waals surface area contributed by atoms with E-state index in [1.807, 2.05) is 12.1 Å². The molecule has 0 radical (unpaired) electrons. The van der Waals surface area contributed by atoms with Crippen molar-refractivity contribution in [3.05, 3.63) is 44.1 Å². The first-order valence-corrected chi connectivity index (χ1v) is 14.0. The van der Waals surface area contributed by atoms with Crippen LogP contribution in [0.2, 0.25) is 0 Å². The highest BCUT2D eigenvalue weighted by Crippen LogP contribution is 2.36. The van der Waals surface area contributed by atoms with Gasteiger partial charge in [-0.25, -0.2) is 5.48 Å². The number of amides is 1. The van der Waals surface area contributed by atoms with Crippen molar-refractivity contribution >= 4 is 96.3 Å². The van der Waals surface area contributed by atoms with Crippen LogP contribution in [0.1, 0.15) is 18.9 Å². The molecule has 0 atom stereocenters. The lowest BCUT2D eigenvalue weighted by Crippen LogP contribution is -2.27. The zero-order chi connectivity index (χ0) is 23.5. The Kier molecular flexibility index (Phi) is 13.7. The first-order valence-electron chi connectivity index (χ1n) is 9.71. The van der Waals surface area contributed by atoms with Crippen LogP contribution in [0.4, 0.5) is 0 Å². The maximum atomic E-state index is 12.2. The van der Waals surface area contributed by atoms with Crippen molar-refractivity contribution in [1.82, 2.24) is 5.48 Å². The van der Waals surface area contributed by atoms with Gasteiger partial charge < -0.3 is 19.3 Å². The third-order valence-corrected chi connectivity index (χ3v) is 7.12. The van der Waals surface area contributed by atoms with E-state index in [1.165, 1.54) is 0 Å². The van der Waals surface area contributed by atoms with Gasteiger partial charge in [-0.1, -0.05) is 6.92 Å². The summed E-state index contributed by atoms with van der Waals surface area (Å²) in [7, 11) is 0. The van der Waals surface area contributed by atoms with E-state index in [1.54, 1.807) is 12.1 Å². The normalized spacial score (nSPS) is 10.9. The molecule has 0 aliphatic carbocycles. The topological polar surface area (TPSA) is 86.2 Å². The Labute approximate surface area is 242 Å². The lowest BCUT2D eigenvalue weighted by molar-refractivity contribution is -0.134. The smallest absolute Gasteiger partial charge is 0.247 e. The van der Waals surface area contributed by atoms with Crippen LogP contribution >= 0.6 is 90.4 Å². The van der Waals surface area contributed by atoms with Crippen molar-refractivity contribution in [2.45, 2.75) is 19.8 Å². The van der Waals surface area contributed by atoms with Crippen LogP contribution in [0.5, 0.6) is 17.2 Å². The number of ether oxygens (including phenoxy) is 3. The fraction of sp³-hybridized carbons (Fsp3) is 0.381. The van der Waals surface area contributed by atoms with Gasteiger partial charge in [0.05, 0.1) is 47.1 Å². The molecule has 0 aliphatic heterocycles. The average molecular weight is 893 g/mol. The van der Waals surface area contributed by atoms with E-state index in [9.17, 15) is 9.90 Å². The predicted octanol–water partition coefficient (Wildman–Crippen LogP) is 5.64. The predicted molar refractivity (Wildman–Crippen MR) is 155 cm³/mol. The fourth-order valence-electron chi connectivity index (χ4n) is 2.45. The van der Waals surface area contributed by atoms with Gasteiger partial charge in [0.2, 0.25) is 5.91 Å². The summed E-state index contributed by atoms with van der Waals surface area (Å²) in [6, 6.07) is 7.39. The summed E-state index contributed by atoms with van der Waals surface area (Å²) in [5.74, 6) is 1.37. The minimum absolute atomic E-state index is 0.188. The van der Waals surface area contributed by atoms with E-state index >= 15 is 0 Å². The molecular formula is C21H23I4NO6. The number of halogens is 4. The molecule has 176 valence electrons. The van der Waals surface area contributed by atoms with Gasteiger partial charge in [0.25, 0.3) is 0 Å². The number of rotatable bonds is 13. The van der Waals surface area contributed by atoms with Crippen LogP contribution in [0, 0.1) is 14.3 Å². The van der Waals surface area contributed by atoms with Gasteiger partial charge in [0.15, 0.2) is 5.75 Å². The summed E-state index contributed by atoms with van der Waals surface area (Å²) in [5.41, 5.74) is 3.29. The number of phenols is 1. The maximum absolute atomic E-state index is 12.2. The lowest BCUT2D eigenvalue weighted by Gasteiger charge is -2.13. The molecule has 2 N–H and O–H groups in total. The Morgan fingerprint density at radius 2 is 1.44 bits per heavy atom. The molecule has 0 bridgehead atoms. The number of hydrogen-bond donors (Lipinski definition) is 2. The van der Waals surface area contributed by atoms with E-state index < -0.39 is 0 Å². The largest absolute Gasteiger partial charge is 0.506 e. The van der Waals surface area contributed by atoms with Gasteiger partial charge >= 0.3 is 0 Å². The molecular weight excluding hydrogens is 870 g/mol. The van der Waals surface area contributed by atoms with E-state index in [4.69, 9.17) is 19.0 Å². The maximum Gasteiger partial charge on any atom is 0.247 e. The third kappa shape index (κ3) is 9.89. The molecule has 2 rings (SSSR count). The zero-order valence-electron chi connectivity index (χ0n) is 17.3. The van der Waals surface area contributed by atoms with Crippen LogP contribution in [-0.2, 0) is 25.5 Å². The molecule has 0 aliphatic rings. The summed E-state index contributed by atoms with van der Waals surface area (Å²) in [5, 5.41) is 9.94. The summed E-state index contributed by atoms with van der Waals surface area (Å²) in [6.45, 7) is 4.50. The van der Waals surface area contributed by atoms with Gasteiger partial charge in [-0.3, -0.25) is 9.63 Å². The number of carbonyl (C=O) groups is 1. The second-order valence-electron chi connectivity index (χ2n) is 6.50. The number of aromatic hydroxyl groups is 1. The number of benzene rings is 2. The molecule has 7 nitrogen and oxygen atoms in total. The minimum Gasteiger partial charge on any atom is -0.506 e. The van der Waals surface area contributed by atoms with Crippen LogP contribution < -0.4 is 10.2 Å². The number of hydroxylamine groups is 1. The summed E-state index contributed by atoms with van der Waals surface area (Å²) >= 11 is 8.53. The van der Waals surface area contributed by atoms with Gasteiger partial charge in [0.1, 0.15) is 11.5 Å². The first-order chi connectivity index (χ1) is 15.3. The lowest BCUT2D eigenvalue weighted by atomic mass is 10.1. The molecule has 0 unspecified atom stereocenters. The minimum atomic E-state index is -0.237. The van der Waals surface area contributed by atoms with Crippen LogP contribution in [0.3, 0.4) is 0 Å². The van der Waals surface area contributed by atoms with Crippen molar-refractivity contribution in [3.63, 3.8) is 0 Å². The number of hydrogen-bond acceptors (Lipinski definition) is 6. The summed E-state index contributed by atoms with van der Waals surface area (Å²) in [6.07, 6.45) is 1.17. The Balaban J connectivity index is 1.82. The second kappa shape index (κ2) is 15.3. The van der Waals surface area contributed by atoms with E-state index in [2.05, 4.69) is 103 Å². The fourth-order valence-corrected chi connectivity index (χ4v) is 6.28.